The van der Waals surface area contributed by atoms with Gasteiger partial charge in [0.2, 0.25) is 15.9 Å². The van der Waals surface area contributed by atoms with Crippen molar-refractivity contribution in [2.24, 2.45) is 13.0 Å². The van der Waals surface area contributed by atoms with Crippen LogP contribution in [-0.2, 0) is 34.8 Å². The van der Waals surface area contributed by atoms with Crippen LogP contribution < -0.4 is 9.62 Å². The zero-order valence-corrected chi connectivity index (χ0v) is 25.1. The van der Waals surface area contributed by atoms with Crippen LogP contribution >= 0.6 is 23.2 Å². The number of carbonyl (C=O) groups excluding carboxylic acids is 1. The Bertz CT molecular complexity index is 1760. The predicted molar refractivity (Wildman–Crippen MR) is 161 cm³/mol. The summed E-state index contributed by atoms with van der Waals surface area (Å²) >= 11 is 11.9. The summed E-state index contributed by atoms with van der Waals surface area (Å²) in [5, 5.41) is 0.394. The Labute approximate surface area is 254 Å². The number of imidazole rings is 1. The molecule has 0 radical (unpaired) electrons. The van der Waals surface area contributed by atoms with Crippen molar-refractivity contribution in [2.45, 2.75) is 49.1 Å². The fourth-order valence-corrected chi connectivity index (χ4v) is 7.36. The Balaban J connectivity index is 1.31. The summed E-state index contributed by atoms with van der Waals surface area (Å²) in [6.45, 7) is 0.273. The average molecular weight is 628 g/mol. The third-order valence-electron chi connectivity index (χ3n) is 8.15. The number of anilines is 1. The van der Waals surface area contributed by atoms with E-state index in [4.69, 9.17) is 23.2 Å². The quantitative estimate of drug-likeness (QED) is 0.240. The van der Waals surface area contributed by atoms with Crippen LogP contribution in [0, 0.1) is 11.7 Å². The monoisotopic (exact) mass is 626 g/mol. The summed E-state index contributed by atoms with van der Waals surface area (Å²) in [5.41, 5.74) is 3.60. The molecule has 3 aromatic carbocycles. The molecule has 2 aliphatic rings. The van der Waals surface area contributed by atoms with Crippen LogP contribution in [0.5, 0.6) is 0 Å². The van der Waals surface area contributed by atoms with Crippen LogP contribution in [0.4, 0.5) is 10.1 Å². The first kappa shape index (κ1) is 28.9. The maximum atomic E-state index is 14.0. The lowest BCUT2D eigenvalue weighted by atomic mass is 9.87. The van der Waals surface area contributed by atoms with E-state index < -0.39 is 21.9 Å². The largest absolute Gasteiger partial charge is 0.337 e. The Hall–Kier alpha value is -3.24. The minimum Gasteiger partial charge on any atom is -0.337 e. The van der Waals surface area contributed by atoms with Crippen LogP contribution in [0.2, 0.25) is 10.0 Å². The van der Waals surface area contributed by atoms with Crippen LogP contribution in [0.15, 0.2) is 78.0 Å². The lowest BCUT2D eigenvalue weighted by Crippen LogP contribution is -2.34. The number of nitrogens with zero attached hydrogens (tertiary/aromatic N) is 3. The van der Waals surface area contributed by atoms with Gasteiger partial charge in [-0.15, -0.1) is 0 Å². The van der Waals surface area contributed by atoms with Gasteiger partial charge >= 0.3 is 0 Å². The first-order chi connectivity index (χ1) is 20.1. The summed E-state index contributed by atoms with van der Waals surface area (Å²) in [7, 11) is -2.10. The van der Waals surface area contributed by atoms with Gasteiger partial charge in [-0.3, -0.25) is 4.79 Å². The van der Waals surface area contributed by atoms with E-state index in [1.807, 2.05) is 60.3 Å². The highest BCUT2D eigenvalue weighted by Crippen LogP contribution is 2.49. The molecule has 3 atom stereocenters. The molecular formula is C31H29Cl2FN4O3S. The van der Waals surface area contributed by atoms with Crippen LogP contribution in [0.3, 0.4) is 0 Å². The van der Waals surface area contributed by atoms with Gasteiger partial charge in [-0.2, -0.15) is 0 Å². The van der Waals surface area contributed by atoms with Gasteiger partial charge in [0, 0.05) is 42.1 Å². The second kappa shape index (κ2) is 11.4. The highest BCUT2D eigenvalue weighted by Gasteiger charge is 2.46. The molecule has 1 saturated carbocycles. The summed E-state index contributed by atoms with van der Waals surface area (Å²) < 4.78 is 44.9. The number of carbonyl (C=O) groups is 1. The van der Waals surface area contributed by atoms with E-state index in [2.05, 4.69) is 9.71 Å². The van der Waals surface area contributed by atoms with Crippen molar-refractivity contribution in [2.75, 3.05) is 4.90 Å². The normalized spacial score (nSPS) is 19.8. The van der Waals surface area contributed by atoms with Gasteiger partial charge in [0.05, 0.1) is 16.5 Å². The van der Waals surface area contributed by atoms with Crippen molar-refractivity contribution >= 4 is 44.8 Å². The summed E-state index contributed by atoms with van der Waals surface area (Å²) in [6, 6.07) is 16.3. The van der Waals surface area contributed by atoms with Crippen LogP contribution in [-0.4, -0.2) is 23.9 Å². The van der Waals surface area contributed by atoms with Crippen molar-refractivity contribution < 1.29 is 17.6 Å². The van der Waals surface area contributed by atoms with Crippen molar-refractivity contribution in [3.8, 4) is 0 Å². The highest BCUT2D eigenvalue weighted by atomic mass is 35.5. The number of fused-ring (bicyclic) bond motifs is 1. The molecule has 1 heterocycles. The maximum Gasteiger partial charge on any atom is 0.241 e. The van der Waals surface area contributed by atoms with Gasteiger partial charge in [-0.1, -0.05) is 41.4 Å². The fourth-order valence-electron chi connectivity index (χ4n) is 5.71. The number of sulfonamides is 1. The van der Waals surface area contributed by atoms with Crippen molar-refractivity contribution in [3.05, 3.63) is 111 Å². The maximum absolute atomic E-state index is 14.0. The van der Waals surface area contributed by atoms with E-state index in [9.17, 15) is 17.6 Å². The fraction of sp³-hybridized carbons (Fsp3) is 0.290. The summed E-state index contributed by atoms with van der Waals surface area (Å²) in [5.74, 6) is -0.0324. The van der Waals surface area contributed by atoms with Gasteiger partial charge in [-0.05, 0) is 90.8 Å². The van der Waals surface area contributed by atoms with Gasteiger partial charge in [-0.25, -0.2) is 22.5 Å². The SMILES string of the molecule is Cn1ccnc1CN(C(=O)C1CC1c1ccc(Cl)cc1)c1ccc2c(c1)C(NS(=O)(=O)c1ccc(F)c(Cl)c1)CCC2. The number of nitrogens with one attached hydrogen (secondary N) is 1. The number of hydrogen-bond donors (Lipinski definition) is 1. The first-order valence-corrected chi connectivity index (χ1v) is 16.0. The lowest BCUT2D eigenvalue weighted by Gasteiger charge is -2.29. The molecule has 3 unspecified atom stereocenters. The molecule has 1 amide bonds. The zero-order valence-electron chi connectivity index (χ0n) is 22.8. The number of halogens is 3. The van der Waals surface area contributed by atoms with Crippen LogP contribution in [0.25, 0.3) is 0 Å². The first-order valence-electron chi connectivity index (χ1n) is 13.7. The van der Waals surface area contributed by atoms with E-state index in [0.717, 1.165) is 53.9 Å². The number of aryl methyl sites for hydroxylation is 2. The lowest BCUT2D eigenvalue weighted by molar-refractivity contribution is -0.120. The molecule has 0 bridgehead atoms. The van der Waals surface area contributed by atoms with Crippen LogP contribution in [0.1, 0.15) is 53.7 Å². The number of rotatable bonds is 8. The van der Waals surface area contributed by atoms with Crippen molar-refractivity contribution in [1.82, 2.24) is 14.3 Å². The molecule has 11 heteroatoms. The second-order valence-electron chi connectivity index (χ2n) is 10.9. The van der Waals surface area contributed by atoms with Gasteiger partial charge in [0.25, 0.3) is 0 Å². The molecule has 218 valence electrons. The van der Waals surface area contributed by atoms with Crippen molar-refractivity contribution in [3.63, 3.8) is 0 Å². The Morgan fingerprint density at radius 1 is 1.12 bits per heavy atom. The smallest absolute Gasteiger partial charge is 0.241 e. The van der Waals surface area contributed by atoms with E-state index in [1.165, 1.54) is 6.07 Å². The molecule has 1 N–H and O–H groups in total. The molecule has 1 aromatic heterocycles. The molecule has 1 fully saturated rings. The minimum absolute atomic E-state index is 0.00760. The Morgan fingerprint density at radius 3 is 2.62 bits per heavy atom. The van der Waals surface area contributed by atoms with E-state index in [1.54, 1.807) is 11.1 Å². The molecule has 0 aliphatic heterocycles. The van der Waals surface area contributed by atoms with E-state index in [0.29, 0.717) is 17.1 Å². The van der Waals surface area contributed by atoms with Gasteiger partial charge < -0.3 is 9.47 Å². The Morgan fingerprint density at radius 2 is 1.90 bits per heavy atom. The van der Waals surface area contributed by atoms with E-state index in [-0.39, 0.29) is 34.2 Å². The van der Waals surface area contributed by atoms with Crippen molar-refractivity contribution in [1.29, 1.82) is 0 Å². The molecule has 0 saturated heterocycles. The number of benzene rings is 3. The number of hydrogen-bond acceptors (Lipinski definition) is 4. The molecule has 0 spiro atoms. The third-order valence-corrected chi connectivity index (χ3v) is 10.2. The summed E-state index contributed by atoms with van der Waals surface area (Å²) in [4.78, 5) is 20.1. The summed E-state index contributed by atoms with van der Waals surface area (Å²) in [6.07, 6.45) is 6.45. The second-order valence-corrected chi connectivity index (χ2v) is 13.5. The molecule has 2 aliphatic carbocycles. The standard InChI is InChI=1S/C31H29Cl2FN4O3S/c1-37-14-13-35-30(37)18-38(31(39)26-17-24(26)20-5-8-21(32)9-6-20)22-10-7-19-3-2-4-29(25(19)15-22)36-42(40,41)23-11-12-28(34)27(33)16-23/h5-16,24,26,29,36H,2-4,17-18H2,1H3. The Kier molecular flexibility index (Phi) is 7.87. The predicted octanol–water partition coefficient (Wildman–Crippen LogP) is 6.56. The number of amides is 1. The third kappa shape index (κ3) is 5.83. The molecule has 42 heavy (non-hydrogen) atoms. The van der Waals surface area contributed by atoms with Gasteiger partial charge in [0.15, 0.2) is 0 Å². The number of aromatic nitrogens is 2. The highest BCUT2D eigenvalue weighted by molar-refractivity contribution is 7.89. The zero-order chi connectivity index (χ0) is 29.6. The minimum atomic E-state index is -3.99. The molecule has 7 nitrogen and oxygen atoms in total. The average Bonchev–Trinajstić information content (AvgIpc) is 3.67. The van der Waals surface area contributed by atoms with Gasteiger partial charge in [0.1, 0.15) is 11.6 Å². The van der Waals surface area contributed by atoms with E-state index >= 15 is 0 Å². The molecule has 6 rings (SSSR count). The molecule has 4 aromatic rings. The molecular weight excluding hydrogens is 598 g/mol. The topological polar surface area (TPSA) is 84.3 Å².